The highest BCUT2D eigenvalue weighted by Crippen LogP contribution is 2.20. The molecule has 0 amide bonds. The van der Waals surface area contributed by atoms with Crippen molar-refractivity contribution in [2.75, 3.05) is 31.1 Å². The van der Waals surface area contributed by atoms with Crippen molar-refractivity contribution in [1.29, 1.82) is 0 Å². The van der Waals surface area contributed by atoms with E-state index in [1.54, 1.807) is 19.5 Å². The molecular weight excluding hydrogens is 233 g/mol. The molecule has 7 heteroatoms. The molecule has 0 unspecified atom stereocenters. The van der Waals surface area contributed by atoms with Crippen LogP contribution in [0.25, 0.3) is 0 Å². The third kappa shape index (κ3) is 2.86. The van der Waals surface area contributed by atoms with Crippen molar-refractivity contribution in [2.45, 2.75) is 0 Å². The molecule has 2 rings (SSSR count). The highest BCUT2D eigenvalue weighted by atomic mass is 16.6. The molecule has 0 spiro atoms. The van der Waals surface area contributed by atoms with Crippen LogP contribution in [0.3, 0.4) is 0 Å². The van der Waals surface area contributed by atoms with Crippen molar-refractivity contribution in [3.8, 4) is 0 Å². The number of piperazine rings is 1. The van der Waals surface area contributed by atoms with Crippen molar-refractivity contribution < 1.29 is 9.72 Å². The second kappa shape index (κ2) is 5.64. The van der Waals surface area contributed by atoms with E-state index in [-0.39, 0.29) is 5.69 Å². The van der Waals surface area contributed by atoms with Crippen molar-refractivity contribution >= 4 is 25.0 Å². The van der Waals surface area contributed by atoms with Crippen LogP contribution in [0, 0.1) is 10.1 Å². The zero-order valence-electron chi connectivity index (χ0n) is 9.86. The Morgan fingerprint density at radius 2 is 1.78 bits per heavy atom. The van der Waals surface area contributed by atoms with Crippen LogP contribution >= 0.6 is 0 Å². The van der Waals surface area contributed by atoms with Crippen LogP contribution in [0.4, 0.5) is 11.4 Å². The number of nitro benzene ring substituents is 1. The minimum Gasteiger partial charge on any atom is -0.369 e. The zero-order valence-corrected chi connectivity index (χ0v) is 9.86. The van der Waals surface area contributed by atoms with E-state index in [0.29, 0.717) is 0 Å². The van der Waals surface area contributed by atoms with E-state index in [9.17, 15) is 14.9 Å². The highest BCUT2D eigenvalue weighted by molar-refractivity contribution is 6.64. The van der Waals surface area contributed by atoms with Gasteiger partial charge < -0.3 is 14.5 Å². The number of rotatable bonds is 4. The minimum absolute atomic E-state index is 0.103. The number of nitro groups is 1. The number of carbonyl (C=O) groups excluding carboxylic acids is 1. The van der Waals surface area contributed by atoms with Gasteiger partial charge in [0.1, 0.15) is 0 Å². The average molecular weight is 246 g/mol. The molecule has 1 saturated heterocycles. The Bertz CT molecular complexity index is 430. The summed E-state index contributed by atoms with van der Waals surface area (Å²) in [6, 6.07) is 6.55. The van der Waals surface area contributed by atoms with Gasteiger partial charge in [-0.25, -0.2) is 0 Å². The Kier molecular flexibility index (Phi) is 3.94. The summed E-state index contributed by atoms with van der Waals surface area (Å²) in [4.78, 5) is 24.6. The van der Waals surface area contributed by atoms with Gasteiger partial charge in [-0.3, -0.25) is 10.1 Å². The Hall–Kier alpha value is -1.89. The van der Waals surface area contributed by atoms with Crippen LogP contribution in [0.2, 0.25) is 0 Å². The number of benzene rings is 1. The smallest absolute Gasteiger partial charge is 0.293 e. The van der Waals surface area contributed by atoms with E-state index < -0.39 is 4.92 Å². The summed E-state index contributed by atoms with van der Waals surface area (Å²) in [6.45, 7) is 3.19. The summed E-state index contributed by atoms with van der Waals surface area (Å²) in [5, 5.41) is 10.6. The van der Waals surface area contributed by atoms with Gasteiger partial charge in [-0.15, -0.1) is 0 Å². The quantitative estimate of drug-likeness (QED) is 0.335. The first-order chi connectivity index (χ1) is 8.70. The first-order valence-corrected chi connectivity index (χ1v) is 5.73. The monoisotopic (exact) mass is 246 g/mol. The van der Waals surface area contributed by atoms with Gasteiger partial charge in [-0.05, 0) is 12.1 Å². The molecule has 1 heterocycles. The number of hydrogen-bond acceptors (Lipinski definition) is 5. The van der Waals surface area contributed by atoms with Crippen molar-refractivity contribution in [2.24, 2.45) is 0 Å². The lowest BCUT2D eigenvalue weighted by atomic mass is 9.93. The summed E-state index contributed by atoms with van der Waals surface area (Å²) in [7, 11) is 1.55. The molecule has 1 radical (unpaired) electrons. The van der Waals surface area contributed by atoms with E-state index in [2.05, 4.69) is 4.90 Å². The summed E-state index contributed by atoms with van der Waals surface area (Å²) in [6.07, 6.45) is 0.793. The standard InChI is InChI=1S/C11H13BN3O3/c16-9-12-14-7-5-13(6-8-14)10-1-3-11(4-2-10)15(17)18/h1-4,9H,5-8H2. The van der Waals surface area contributed by atoms with Crippen LogP contribution in [-0.4, -0.2) is 49.5 Å². The number of nitrogens with zero attached hydrogens (tertiary/aromatic N) is 3. The van der Waals surface area contributed by atoms with E-state index in [1.165, 1.54) is 12.1 Å². The second-order valence-corrected chi connectivity index (χ2v) is 4.08. The van der Waals surface area contributed by atoms with Gasteiger partial charge in [0.05, 0.1) is 11.1 Å². The topological polar surface area (TPSA) is 66.7 Å². The molecule has 0 aromatic heterocycles. The fourth-order valence-electron chi connectivity index (χ4n) is 2.00. The maximum Gasteiger partial charge on any atom is 0.293 e. The maximum absolute atomic E-state index is 10.6. The third-order valence-corrected chi connectivity index (χ3v) is 3.01. The van der Waals surface area contributed by atoms with Gasteiger partial charge >= 0.3 is 0 Å². The molecule has 0 atom stereocenters. The molecule has 1 aromatic carbocycles. The molecule has 93 valence electrons. The lowest BCUT2D eigenvalue weighted by Gasteiger charge is -2.35. The average Bonchev–Trinajstić information content (AvgIpc) is 2.40. The molecule has 1 fully saturated rings. The van der Waals surface area contributed by atoms with Crippen LogP contribution in [0.1, 0.15) is 0 Å². The van der Waals surface area contributed by atoms with Crippen molar-refractivity contribution in [3.63, 3.8) is 0 Å². The van der Waals surface area contributed by atoms with E-state index in [0.717, 1.165) is 38.1 Å². The van der Waals surface area contributed by atoms with Gasteiger partial charge in [-0.1, -0.05) is 0 Å². The molecule has 1 aliphatic heterocycles. The summed E-state index contributed by atoms with van der Waals surface area (Å²) < 4.78 is 0. The van der Waals surface area contributed by atoms with E-state index in [4.69, 9.17) is 0 Å². The fraction of sp³-hybridized carbons (Fsp3) is 0.364. The Labute approximate surface area is 106 Å². The molecule has 18 heavy (non-hydrogen) atoms. The van der Waals surface area contributed by atoms with E-state index in [1.807, 2.05) is 4.81 Å². The van der Waals surface area contributed by atoms with Crippen LogP contribution < -0.4 is 4.90 Å². The highest BCUT2D eigenvalue weighted by Gasteiger charge is 2.17. The number of carbonyl (C=O) groups is 1. The molecule has 0 bridgehead atoms. The Balaban J connectivity index is 1.97. The summed E-state index contributed by atoms with van der Waals surface area (Å²) >= 11 is 0. The van der Waals surface area contributed by atoms with Crippen LogP contribution in [-0.2, 0) is 4.79 Å². The zero-order chi connectivity index (χ0) is 13.0. The number of hydrogen-bond donors (Lipinski definition) is 0. The van der Waals surface area contributed by atoms with Gasteiger partial charge in [-0.2, -0.15) is 0 Å². The van der Waals surface area contributed by atoms with Gasteiger partial charge in [0.2, 0.25) is 0 Å². The third-order valence-electron chi connectivity index (χ3n) is 3.01. The first-order valence-electron chi connectivity index (χ1n) is 5.73. The predicted molar refractivity (Wildman–Crippen MR) is 69.4 cm³/mol. The summed E-state index contributed by atoms with van der Waals surface area (Å²) in [5.41, 5.74) is 1.08. The van der Waals surface area contributed by atoms with Crippen LogP contribution in [0.5, 0.6) is 0 Å². The summed E-state index contributed by atoms with van der Waals surface area (Å²) in [5.74, 6) is 0. The Morgan fingerprint density at radius 3 is 2.28 bits per heavy atom. The second-order valence-electron chi connectivity index (χ2n) is 4.08. The molecule has 0 saturated carbocycles. The maximum atomic E-state index is 10.6. The molecular formula is C11H13BN3O3. The fourth-order valence-corrected chi connectivity index (χ4v) is 2.00. The normalized spacial score (nSPS) is 16.3. The lowest BCUT2D eigenvalue weighted by Crippen LogP contribution is -2.48. The van der Waals surface area contributed by atoms with Crippen molar-refractivity contribution in [3.05, 3.63) is 34.4 Å². The molecule has 0 aliphatic carbocycles. The molecule has 6 nitrogen and oxygen atoms in total. The molecule has 1 aromatic rings. The largest absolute Gasteiger partial charge is 0.369 e. The number of non-ortho nitro benzene ring substituents is 1. The van der Waals surface area contributed by atoms with Gasteiger partial charge in [0.15, 0.2) is 0 Å². The van der Waals surface area contributed by atoms with Crippen LogP contribution in [0.15, 0.2) is 24.3 Å². The number of anilines is 1. The van der Waals surface area contributed by atoms with Gasteiger partial charge in [0.25, 0.3) is 13.1 Å². The first kappa shape index (κ1) is 12.6. The molecule has 1 aliphatic rings. The minimum atomic E-state index is -0.402. The van der Waals surface area contributed by atoms with Crippen molar-refractivity contribution in [1.82, 2.24) is 4.81 Å². The predicted octanol–water partition coefficient (Wildman–Crippen LogP) is 0.526. The SMILES string of the molecule is O=C[B]N1CCN(c2ccc([N+](=O)[O-])cc2)CC1. The van der Waals surface area contributed by atoms with Gasteiger partial charge in [0, 0.05) is 44.0 Å². The molecule has 0 N–H and O–H groups in total. The Morgan fingerprint density at radius 1 is 1.17 bits per heavy atom. The lowest BCUT2D eigenvalue weighted by molar-refractivity contribution is -0.384. The van der Waals surface area contributed by atoms with E-state index >= 15 is 0 Å².